The lowest BCUT2D eigenvalue weighted by molar-refractivity contribution is 0.784. The second-order valence-electron chi connectivity index (χ2n) is 3.79. The van der Waals surface area contributed by atoms with Crippen LogP contribution in [0.25, 0.3) is 0 Å². The molecule has 0 fully saturated rings. The fraction of sp³-hybridized carbons (Fsp3) is 0.308. The first-order chi connectivity index (χ1) is 8.31. The van der Waals surface area contributed by atoms with Crippen LogP contribution < -0.4 is 4.90 Å². The van der Waals surface area contributed by atoms with Gasteiger partial charge in [0.2, 0.25) is 0 Å². The fourth-order valence-electron chi connectivity index (χ4n) is 1.63. The highest BCUT2D eigenvalue weighted by Crippen LogP contribution is 2.30. The van der Waals surface area contributed by atoms with E-state index in [0.29, 0.717) is 0 Å². The highest BCUT2D eigenvalue weighted by atomic mass is 79.9. The molecule has 4 heteroatoms. The number of unbranched alkanes of at least 4 members (excludes halogenated alkanes) is 1. The van der Waals surface area contributed by atoms with Crippen LogP contribution in [0.1, 0.15) is 19.8 Å². The molecule has 0 saturated heterocycles. The summed E-state index contributed by atoms with van der Waals surface area (Å²) in [4.78, 5) is 6.78. The van der Waals surface area contributed by atoms with Crippen molar-refractivity contribution in [2.75, 3.05) is 11.4 Å². The predicted molar refractivity (Wildman–Crippen MR) is 78.2 cm³/mol. The number of rotatable bonds is 5. The van der Waals surface area contributed by atoms with Gasteiger partial charge in [0.25, 0.3) is 0 Å². The zero-order valence-electron chi connectivity index (χ0n) is 9.77. The quantitative estimate of drug-likeness (QED) is 0.785. The van der Waals surface area contributed by atoms with Gasteiger partial charge < -0.3 is 4.90 Å². The highest BCUT2D eigenvalue weighted by Gasteiger charge is 2.11. The third-order valence-electron chi connectivity index (χ3n) is 2.50. The average molecular weight is 311 g/mol. The van der Waals surface area contributed by atoms with E-state index in [0.717, 1.165) is 16.3 Å². The summed E-state index contributed by atoms with van der Waals surface area (Å²) in [6, 6.07) is 10.4. The first kappa shape index (κ1) is 12.6. The normalized spacial score (nSPS) is 10.5. The number of thiazole rings is 1. The number of para-hydroxylation sites is 1. The van der Waals surface area contributed by atoms with Gasteiger partial charge in [-0.15, -0.1) is 11.3 Å². The lowest BCUT2D eigenvalue weighted by atomic mass is 10.2. The minimum Gasteiger partial charge on any atom is -0.318 e. The largest absolute Gasteiger partial charge is 0.318 e. The van der Waals surface area contributed by atoms with Crippen LogP contribution in [-0.4, -0.2) is 11.5 Å². The summed E-state index contributed by atoms with van der Waals surface area (Å²) in [6.07, 6.45) is 2.36. The molecule has 0 bridgehead atoms. The van der Waals surface area contributed by atoms with Crippen molar-refractivity contribution in [1.29, 1.82) is 0 Å². The van der Waals surface area contributed by atoms with Crippen molar-refractivity contribution in [2.24, 2.45) is 0 Å². The molecule has 0 atom stereocenters. The second-order valence-corrected chi connectivity index (χ2v) is 5.44. The average Bonchev–Trinajstić information content (AvgIpc) is 2.78. The van der Waals surface area contributed by atoms with Gasteiger partial charge in [-0.2, -0.15) is 0 Å². The molecular formula is C13H15BrN2S. The Labute approximate surface area is 114 Å². The van der Waals surface area contributed by atoms with Gasteiger partial charge in [-0.1, -0.05) is 31.5 Å². The lowest BCUT2D eigenvalue weighted by Gasteiger charge is -2.21. The Kier molecular flexibility index (Phi) is 4.57. The maximum atomic E-state index is 4.50. The van der Waals surface area contributed by atoms with E-state index in [1.54, 1.807) is 11.3 Å². The predicted octanol–water partition coefficient (Wildman–Crippen LogP) is 4.84. The molecule has 0 unspecified atom stereocenters. The number of nitrogens with zero attached hydrogens (tertiary/aromatic N) is 2. The Hall–Kier alpha value is -0.870. The van der Waals surface area contributed by atoms with Gasteiger partial charge >= 0.3 is 0 Å². The molecule has 0 saturated carbocycles. The second kappa shape index (κ2) is 6.17. The van der Waals surface area contributed by atoms with E-state index < -0.39 is 0 Å². The Morgan fingerprint density at radius 3 is 2.65 bits per heavy atom. The number of benzene rings is 1. The van der Waals surface area contributed by atoms with Crippen LogP contribution in [0.2, 0.25) is 0 Å². The fourth-order valence-corrected chi connectivity index (χ4v) is 2.92. The molecule has 0 radical (unpaired) electrons. The minimum atomic E-state index is 0.912. The van der Waals surface area contributed by atoms with Crippen molar-refractivity contribution < 1.29 is 0 Å². The number of hydrogen-bond acceptors (Lipinski definition) is 3. The van der Waals surface area contributed by atoms with Crippen LogP contribution >= 0.6 is 27.3 Å². The maximum Gasteiger partial charge on any atom is 0.190 e. The zero-order chi connectivity index (χ0) is 12.1. The SMILES string of the molecule is CCCCN(c1ccccc1)c1nc(Br)cs1. The van der Waals surface area contributed by atoms with Gasteiger partial charge in [0.15, 0.2) is 5.13 Å². The van der Waals surface area contributed by atoms with Crippen molar-refractivity contribution in [3.8, 4) is 0 Å². The van der Waals surface area contributed by atoms with Crippen LogP contribution in [0.3, 0.4) is 0 Å². The van der Waals surface area contributed by atoms with E-state index in [9.17, 15) is 0 Å². The molecule has 17 heavy (non-hydrogen) atoms. The Morgan fingerprint density at radius 2 is 2.06 bits per heavy atom. The summed E-state index contributed by atoms with van der Waals surface area (Å²) < 4.78 is 0.912. The molecule has 0 N–H and O–H groups in total. The van der Waals surface area contributed by atoms with Gasteiger partial charge in [-0.25, -0.2) is 4.98 Å². The molecule has 1 aromatic heterocycles. The Bertz CT molecular complexity index is 455. The van der Waals surface area contributed by atoms with Crippen molar-refractivity contribution in [3.63, 3.8) is 0 Å². The van der Waals surface area contributed by atoms with E-state index in [2.05, 4.69) is 57.0 Å². The van der Waals surface area contributed by atoms with Crippen LogP contribution in [0.15, 0.2) is 40.3 Å². The summed E-state index contributed by atoms with van der Waals surface area (Å²) in [6.45, 7) is 3.22. The van der Waals surface area contributed by atoms with Gasteiger partial charge in [-0.3, -0.25) is 0 Å². The number of aromatic nitrogens is 1. The molecule has 0 aliphatic heterocycles. The molecule has 1 heterocycles. The number of hydrogen-bond donors (Lipinski definition) is 0. The summed E-state index contributed by atoms with van der Waals surface area (Å²) in [5.74, 6) is 0. The molecule has 0 aliphatic carbocycles. The van der Waals surface area contributed by atoms with E-state index in [1.807, 2.05) is 11.4 Å². The van der Waals surface area contributed by atoms with Crippen LogP contribution in [0.5, 0.6) is 0 Å². The first-order valence-corrected chi connectivity index (χ1v) is 7.42. The number of anilines is 2. The smallest absolute Gasteiger partial charge is 0.190 e. The summed E-state index contributed by atoms with van der Waals surface area (Å²) >= 11 is 5.08. The Balaban J connectivity index is 2.25. The monoisotopic (exact) mass is 310 g/mol. The van der Waals surface area contributed by atoms with Crippen LogP contribution in [-0.2, 0) is 0 Å². The van der Waals surface area contributed by atoms with Crippen LogP contribution in [0, 0.1) is 0 Å². The molecule has 2 nitrogen and oxygen atoms in total. The third-order valence-corrected chi connectivity index (χ3v) is 4.07. The zero-order valence-corrected chi connectivity index (χ0v) is 12.2. The van der Waals surface area contributed by atoms with Gasteiger partial charge in [0, 0.05) is 17.6 Å². The third kappa shape index (κ3) is 3.30. The highest BCUT2D eigenvalue weighted by molar-refractivity contribution is 9.10. The van der Waals surface area contributed by atoms with Crippen LogP contribution in [0.4, 0.5) is 10.8 Å². The van der Waals surface area contributed by atoms with E-state index >= 15 is 0 Å². The topological polar surface area (TPSA) is 16.1 Å². The van der Waals surface area contributed by atoms with Crippen molar-refractivity contribution in [2.45, 2.75) is 19.8 Å². The molecule has 1 aromatic carbocycles. The minimum absolute atomic E-state index is 0.912. The Morgan fingerprint density at radius 1 is 1.29 bits per heavy atom. The van der Waals surface area contributed by atoms with E-state index in [4.69, 9.17) is 0 Å². The lowest BCUT2D eigenvalue weighted by Crippen LogP contribution is -2.17. The summed E-state index contributed by atoms with van der Waals surface area (Å²) in [7, 11) is 0. The van der Waals surface area contributed by atoms with Gasteiger partial charge in [0.1, 0.15) is 4.60 Å². The molecule has 2 aromatic rings. The summed E-state index contributed by atoms with van der Waals surface area (Å²) in [5.41, 5.74) is 1.21. The molecule has 2 rings (SSSR count). The summed E-state index contributed by atoms with van der Waals surface area (Å²) in [5, 5.41) is 3.08. The first-order valence-electron chi connectivity index (χ1n) is 5.75. The van der Waals surface area contributed by atoms with Crippen molar-refractivity contribution in [3.05, 3.63) is 40.3 Å². The molecule has 0 amide bonds. The molecule has 90 valence electrons. The number of halogens is 1. The van der Waals surface area contributed by atoms with Gasteiger partial charge in [-0.05, 0) is 34.5 Å². The maximum absolute atomic E-state index is 4.50. The van der Waals surface area contributed by atoms with Crippen molar-refractivity contribution in [1.82, 2.24) is 4.98 Å². The van der Waals surface area contributed by atoms with E-state index in [-0.39, 0.29) is 0 Å². The molecular weight excluding hydrogens is 296 g/mol. The molecule has 0 spiro atoms. The van der Waals surface area contributed by atoms with E-state index in [1.165, 1.54) is 18.5 Å². The molecule has 0 aliphatic rings. The standard InChI is InChI=1S/C13H15BrN2S/c1-2-3-9-16(11-7-5-4-6-8-11)13-15-12(14)10-17-13/h4-8,10H,2-3,9H2,1H3. The van der Waals surface area contributed by atoms with Crippen molar-refractivity contribution >= 4 is 38.1 Å². The van der Waals surface area contributed by atoms with Gasteiger partial charge in [0.05, 0.1) is 0 Å².